The second kappa shape index (κ2) is 7.83. The van der Waals surface area contributed by atoms with Crippen molar-refractivity contribution in [1.29, 1.82) is 0 Å². The summed E-state index contributed by atoms with van der Waals surface area (Å²) in [6.07, 6.45) is 1.02. The molecule has 0 saturated carbocycles. The van der Waals surface area contributed by atoms with E-state index < -0.39 is 23.0 Å². The van der Waals surface area contributed by atoms with E-state index in [-0.39, 0.29) is 23.5 Å². The van der Waals surface area contributed by atoms with Gasteiger partial charge in [0.05, 0.1) is 6.54 Å². The lowest BCUT2D eigenvalue weighted by atomic mass is 10.1. The van der Waals surface area contributed by atoms with Gasteiger partial charge in [-0.2, -0.15) is 0 Å². The van der Waals surface area contributed by atoms with Gasteiger partial charge in [0.2, 0.25) is 0 Å². The summed E-state index contributed by atoms with van der Waals surface area (Å²) in [6, 6.07) is 11.9. The largest absolute Gasteiger partial charge is 0.328 e. The molecule has 2 N–H and O–H groups in total. The number of Topliss-reactive ketones (excluding diaryl/α,β-unsaturated/α-hetero) is 1. The fraction of sp³-hybridized carbons (Fsp3) is 0.100. The molecule has 0 aliphatic heterocycles. The molecule has 0 atom stereocenters. The zero-order valence-corrected chi connectivity index (χ0v) is 14.9. The number of ketones is 1. The number of benzene rings is 2. The minimum absolute atomic E-state index is 0.116. The number of anilines is 1. The summed E-state index contributed by atoms with van der Waals surface area (Å²) in [6.45, 7) is 1.11. The number of H-pyrrole nitrogens is 1. The maximum atomic E-state index is 13.8. The first-order valence-corrected chi connectivity index (χ1v) is 8.35. The van der Waals surface area contributed by atoms with E-state index in [2.05, 4.69) is 10.3 Å². The topological polar surface area (TPSA) is 101 Å². The van der Waals surface area contributed by atoms with Crippen molar-refractivity contribution in [3.8, 4) is 0 Å². The SMILES string of the molecule is CC(=O)c1ccc(NC(=O)c2c[nH]c(=O)n(Cc3ccccc3F)c2=O)cc1. The van der Waals surface area contributed by atoms with Crippen LogP contribution in [0.2, 0.25) is 0 Å². The molecule has 28 heavy (non-hydrogen) atoms. The van der Waals surface area contributed by atoms with Crippen molar-refractivity contribution in [2.45, 2.75) is 13.5 Å². The van der Waals surface area contributed by atoms with Crippen molar-refractivity contribution >= 4 is 17.4 Å². The van der Waals surface area contributed by atoms with Crippen LogP contribution in [0.5, 0.6) is 0 Å². The summed E-state index contributed by atoms with van der Waals surface area (Å²) in [7, 11) is 0. The fourth-order valence-electron chi connectivity index (χ4n) is 2.60. The average Bonchev–Trinajstić information content (AvgIpc) is 2.66. The predicted molar refractivity (Wildman–Crippen MR) is 101 cm³/mol. The van der Waals surface area contributed by atoms with Crippen LogP contribution in [0.1, 0.15) is 33.2 Å². The lowest BCUT2D eigenvalue weighted by molar-refractivity contribution is 0.101. The summed E-state index contributed by atoms with van der Waals surface area (Å²) in [4.78, 5) is 50.7. The van der Waals surface area contributed by atoms with Crippen LogP contribution in [-0.4, -0.2) is 21.2 Å². The Labute approximate surface area is 158 Å². The van der Waals surface area contributed by atoms with Gasteiger partial charge in [-0.25, -0.2) is 9.18 Å². The van der Waals surface area contributed by atoms with E-state index in [1.54, 1.807) is 18.2 Å². The van der Waals surface area contributed by atoms with E-state index in [9.17, 15) is 23.6 Å². The number of amides is 1. The molecular formula is C20H16FN3O4. The molecule has 142 valence electrons. The minimum atomic E-state index is -0.843. The average molecular weight is 381 g/mol. The van der Waals surface area contributed by atoms with E-state index in [1.807, 2.05) is 0 Å². The minimum Gasteiger partial charge on any atom is -0.322 e. The molecule has 1 heterocycles. The summed E-state index contributed by atoms with van der Waals surface area (Å²) in [5.74, 6) is -1.41. The predicted octanol–water partition coefficient (Wildman–Crippen LogP) is 2.18. The number of nitrogens with zero attached hydrogens (tertiary/aromatic N) is 1. The molecule has 1 amide bonds. The Hall–Kier alpha value is -3.81. The Kier molecular flexibility index (Phi) is 5.30. The number of nitrogens with one attached hydrogen (secondary N) is 2. The Bertz CT molecular complexity index is 1160. The second-order valence-electron chi connectivity index (χ2n) is 6.08. The maximum Gasteiger partial charge on any atom is 0.328 e. The third-order valence-corrected chi connectivity index (χ3v) is 4.14. The molecule has 0 saturated heterocycles. The third-order valence-electron chi connectivity index (χ3n) is 4.14. The Balaban J connectivity index is 1.89. The van der Waals surface area contributed by atoms with Crippen LogP contribution in [0.4, 0.5) is 10.1 Å². The Morgan fingerprint density at radius 1 is 1.07 bits per heavy atom. The number of aromatic nitrogens is 2. The van der Waals surface area contributed by atoms with E-state index in [0.717, 1.165) is 10.8 Å². The highest BCUT2D eigenvalue weighted by molar-refractivity contribution is 6.04. The normalized spacial score (nSPS) is 10.5. The van der Waals surface area contributed by atoms with Gasteiger partial charge in [-0.15, -0.1) is 0 Å². The number of halogens is 1. The van der Waals surface area contributed by atoms with E-state index in [0.29, 0.717) is 11.3 Å². The van der Waals surface area contributed by atoms with Crippen LogP contribution >= 0.6 is 0 Å². The number of hydrogen-bond donors (Lipinski definition) is 2. The molecule has 0 fully saturated rings. The van der Waals surface area contributed by atoms with Gasteiger partial charge in [0.15, 0.2) is 5.78 Å². The zero-order valence-electron chi connectivity index (χ0n) is 14.9. The van der Waals surface area contributed by atoms with Gasteiger partial charge < -0.3 is 10.3 Å². The van der Waals surface area contributed by atoms with E-state index in [4.69, 9.17) is 0 Å². The zero-order chi connectivity index (χ0) is 20.3. The first-order valence-electron chi connectivity index (χ1n) is 8.35. The molecule has 0 aliphatic carbocycles. The van der Waals surface area contributed by atoms with Gasteiger partial charge in [-0.1, -0.05) is 18.2 Å². The third kappa shape index (κ3) is 3.96. The first-order chi connectivity index (χ1) is 13.4. The second-order valence-corrected chi connectivity index (χ2v) is 6.08. The summed E-state index contributed by atoms with van der Waals surface area (Å²) in [5.41, 5.74) is -0.893. The Morgan fingerprint density at radius 2 is 1.75 bits per heavy atom. The summed E-state index contributed by atoms with van der Waals surface area (Å²) in [5, 5.41) is 2.53. The van der Waals surface area contributed by atoms with Crippen molar-refractivity contribution in [2.75, 3.05) is 5.32 Å². The van der Waals surface area contributed by atoms with Crippen molar-refractivity contribution < 1.29 is 14.0 Å². The maximum absolute atomic E-state index is 13.8. The van der Waals surface area contributed by atoms with Crippen LogP contribution in [0.3, 0.4) is 0 Å². The molecular weight excluding hydrogens is 365 g/mol. The van der Waals surface area contributed by atoms with Crippen LogP contribution < -0.4 is 16.6 Å². The molecule has 3 rings (SSSR count). The first kappa shape index (κ1) is 19.0. The lowest BCUT2D eigenvalue weighted by Crippen LogP contribution is -2.39. The summed E-state index contributed by atoms with van der Waals surface area (Å²) >= 11 is 0. The van der Waals surface area contributed by atoms with Crippen LogP contribution in [0, 0.1) is 5.82 Å². The van der Waals surface area contributed by atoms with Crippen LogP contribution in [-0.2, 0) is 6.54 Å². The molecule has 8 heteroatoms. The van der Waals surface area contributed by atoms with Gasteiger partial charge in [0, 0.05) is 23.0 Å². The Morgan fingerprint density at radius 3 is 2.39 bits per heavy atom. The lowest BCUT2D eigenvalue weighted by Gasteiger charge is -2.09. The number of rotatable bonds is 5. The van der Waals surface area contributed by atoms with Crippen molar-refractivity contribution in [3.05, 3.63) is 98.1 Å². The summed E-state index contributed by atoms with van der Waals surface area (Å²) < 4.78 is 14.6. The number of hydrogen-bond acceptors (Lipinski definition) is 4. The fourth-order valence-corrected chi connectivity index (χ4v) is 2.60. The monoisotopic (exact) mass is 381 g/mol. The van der Waals surface area contributed by atoms with Gasteiger partial charge in [-0.3, -0.25) is 19.0 Å². The van der Waals surface area contributed by atoms with Gasteiger partial charge in [0.25, 0.3) is 11.5 Å². The van der Waals surface area contributed by atoms with Gasteiger partial charge in [0.1, 0.15) is 11.4 Å². The molecule has 0 radical (unpaired) electrons. The molecule has 0 unspecified atom stereocenters. The molecule has 0 spiro atoms. The highest BCUT2D eigenvalue weighted by Gasteiger charge is 2.16. The number of carbonyl (C=O) groups excluding carboxylic acids is 2. The van der Waals surface area contributed by atoms with Gasteiger partial charge in [-0.05, 0) is 37.3 Å². The highest BCUT2D eigenvalue weighted by Crippen LogP contribution is 2.11. The van der Waals surface area contributed by atoms with Crippen LogP contribution in [0.15, 0.2) is 64.3 Å². The number of carbonyl (C=O) groups is 2. The van der Waals surface area contributed by atoms with E-state index >= 15 is 0 Å². The molecule has 7 nitrogen and oxygen atoms in total. The van der Waals surface area contributed by atoms with Gasteiger partial charge >= 0.3 is 5.69 Å². The van der Waals surface area contributed by atoms with Crippen LogP contribution in [0.25, 0.3) is 0 Å². The molecule has 3 aromatic rings. The van der Waals surface area contributed by atoms with Crippen molar-refractivity contribution in [3.63, 3.8) is 0 Å². The van der Waals surface area contributed by atoms with Crippen molar-refractivity contribution in [1.82, 2.24) is 9.55 Å². The van der Waals surface area contributed by atoms with Crippen molar-refractivity contribution in [2.24, 2.45) is 0 Å². The quantitative estimate of drug-likeness (QED) is 0.662. The highest BCUT2D eigenvalue weighted by atomic mass is 19.1. The smallest absolute Gasteiger partial charge is 0.322 e. The van der Waals surface area contributed by atoms with E-state index in [1.165, 1.54) is 37.3 Å². The number of aromatic amines is 1. The molecule has 0 bridgehead atoms. The molecule has 0 aliphatic rings. The molecule has 1 aromatic heterocycles. The molecule has 2 aromatic carbocycles. The standard InChI is InChI=1S/C20H16FN3O4/c1-12(25)13-6-8-15(9-7-13)23-18(26)16-10-22-20(28)24(19(16)27)11-14-4-2-3-5-17(14)21/h2-10H,11H2,1H3,(H,22,28)(H,23,26).